The second kappa shape index (κ2) is 13.8. The van der Waals surface area contributed by atoms with Gasteiger partial charge in [0.05, 0.1) is 5.56 Å². The molecule has 1 N–H and O–H groups in total. The van der Waals surface area contributed by atoms with Gasteiger partial charge in [-0.1, -0.05) is 36.8 Å². The Morgan fingerprint density at radius 1 is 1.15 bits per heavy atom. The van der Waals surface area contributed by atoms with Gasteiger partial charge in [-0.25, -0.2) is 4.39 Å². The Morgan fingerprint density at radius 3 is 2.50 bits per heavy atom. The Bertz CT molecular complexity index is 1300. The minimum Gasteiger partial charge on any atom is -0.492 e. The number of aliphatic carboxylic acids is 1. The number of nitrogens with zero attached hydrogens (tertiary/aromatic N) is 4. The van der Waals surface area contributed by atoms with Crippen LogP contribution in [0.3, 0.4) is 0 Å². The van der Waals surface area contributed by atoms with Crippen LogP contribution in [-0.2, 0) is 4.79 Å². The maximum Gasteiger partial charge on any atom is 0.303 e. The molecule has 1 aromatic heterocycles. The lowest BCUT2D eigenvalue weighted by Crippen LogP contribution is -2.37. The van der Waals surface area contributed by atoms with Crippen molar-refractivity contribution < 1.29 is 23.8 Å². The molecule has 1 aliphatic rings. The highest BCUT2D eigenvalue weighted by Crippen LogP contribution is 2.34. The molecule has 214 valence electrons. The highest BCUT2D eigenvalue weighted by Gasteiger charge is 2.24. The first-order valence-corrected chi connectivity index (χ1v) is 14.7. The zero-order chi connectivity index (χ0) is 28.6. The van der Waals surface area contributed by atoms with E-state index in [-0.39, 0.29) is 17.9 Å². The van der Waals surface area contributed by atoms with Crippen LogP contribution in [0, 0.1) is 25.6 Å². The second-order valence-electron chi connectivity index (χ2n) is 10.4. The van der Waals surface area contributed by atoms with Crippen LogP contribution in [0.25, 0.3) is 10.6 Å². The normalized spacial score (nSPS) is 14.3. The largest absolute Gasteiger partial charge is 0.492 e. The summed E-state index contributed by atoms with van der Waals surface area (Å²) in [5.41, 5.74) is 2.88. The number of piperidine rings is 1. The molecule has 0 saturated carbocycles. The predicted molar refractivity (Wildman–Crippen MR) is 155 cm³/mol. The van der Waals surface area contributed by atoms with Crippen molar-refractivity contribution in [2.45, 2.75) is 52.9 Å². The summed E-state index contributed by atoms with van der Waals surface area (Å²) in [6.45, 7) is 9.61. The van der Waals surface area contributed by atoms with Crippen molar-refractivity contribution in [3.8, 4) is 16.3 Å². The summed E-state index contributed by atoms with van der Waals surface area (Å²) in [5, 5.41) is 18.8. The van der Waals surface area contributed by atoms with Gasteiger partial charge in [-0.2, -0.15) is 0 Å². The van der Waals surface area contributed by atoms with Gasteiger partial charge in [-0.15, -0.1) is 10.2 Å². The first kappa shape index (κ1) is 29.6. The lowest BCUT2D eigenvalue weighted by molar-refractivity contribution is -0.138. The van der Waals surface area contributed by atoms with Crippen LogP contribution < -0.4 is 9.64 Å². The number of carboxylic acid groups (broad SMARTS) is 1. The van der Waals surface area contributed by atoms with Gasteiger partial charge in [0.1, 0.15) is 23.2 Å². The number of rotatable bonds is 12. The van der Waals surface area contributed by atoms with Gasteiger partial charge in [0.25, 0.3) is 5.91 Å². The van der Waals surface area contributed by atoms with E-state index < -0.39 is 17.7 Å². The first-order valence-electron chi connectivity index (χ1n) is 13.8. The number of aryl methyl sites for hydroxylation is 2. The highest BCUT2D eigenvalue weighted by molar-refractivity contribution is 7.18. The molecule has 2 aromatic carbocycles. The van der Waals surface area contributed by atoms with Crippen LogP contribution in [0.4, 0.5) is 9.52 Å². The number of likely N-dealkylation sites (tertiary alicyclic amines) is 1. The van der Waals surface area contributed by atoms with Gasteiger partial charge < -0.3 is 9.84 Å². The van der Waals surface area contributed by atoms with Gasteiger partial charge in [-0.05, 0) is 87.5 Å². The van der Waals surface area contributed by atoms with Gasteiger partial charge in [0, 0.05) is 25.1 Å². The molecule has 8 nitrogen and oxygen atoms in total. The molecule has 2 heterocycles. The number of benzene rings is 2. The number of anilines is 1. The fraction of sp³-hybridized carbons (Fsp3) is 0.467. The molecule has 0 bridgehead atoms. The van der Waals surface area contributed by atoms with E-state index in [1.165, 1.54) is 28.4 Å². The molecule has 0 unspecified atom stereocenters. The minimum atomic E-state index is -0.717. The number of carbonyl (C=O) groups excluding carboxylic acids is 1. The molecule has 0 spiro atoms. The molecule has 10 heteroatoms. The average Bonchev–Trinajstić information content (AvgIpc) is 3.41. The third kappa shape index (κ3) is 7.42. The summed E-state index contributed by atoms with van der Waals surface area (Å²) in [5.74, 6) is -0.581. The number of ether oxygens (including phenoxy) is 1. The summed E-state index contributed by atoms with van der Waals surface area (Å²) >= 11 is 1.31. The molecule has 40 heavy (non-hydrogen) atoms. The Morgan fingerprint density at radius 2 is 1.85 bits per heavy atom. The maximum atomic E-state index is 14.4. The van der Waals surface area contributed by atoms with E-state index >= 15 is 0 Å². The van der Waals surface area contributed by atoms with Crippen LogP contribution in [-0.4, -0.2) is 64.9 Å². The molecular formula is C30H37FN4O4S. The SMILES string of the molecule is CCCCN(C(=O)c1ccccc1F)c1nnc(-c2cc(C)c(OCCN3CCC(CC(=O)O)CC3)c(C)c2)s1. The van der Waals surface area contributed by atoms with Crippen molar-refractivity contribution in [3.63, 3.8) is 0 Å². The number of aromatic nitrogens is 2. The number of halogens is 1. The van der Waals surface area contributed by atoms with Crippen LogP contribution >= 0.6 is 11.3 Å². The van der Waals surface area contributed by atoms with Crippen molar-refractivity contribution in [1.29, 1.82) is 0 Å². The van der Waals surface area contributed by atoms with Crippen molar-refractivity contribution in [2.24, 2.45) is 5.92 Å². The summed E-state index contributed by atoms with van der Waals surface area (Å²) in [6.07, 6.45) is 3.72. The monoisotopic (exact) mass is 568 g/mol. The Labute approximate surface area is 238 Å². The van der Waals surface area contributed by atoms with Crippen LogP contribution in [0.1, 0.15) is 60.5 Å². The first-order chi connectivity index (χ1) is 19.3. The number of hydrogen-bond acceptors (Lipinski definition) is 7. The standard InChI is InChI=1S/C30H37FN4O4S/c1-4-5-12-35(29(38)24-8-6-7-9-25(24)31)30-33-32-28(40-30)23-17-20(2)27(21(3)18-23)39-16-15-34-13-10-22(11-14-34)19-26(36)37/h6-9,17-18,22H,4-5,10-16,19H2,1-3H3,(H,36,37). The lowest BCUT2D eigenvalue weighted by atomic mass is 9.94. The molecular weight excluding hydrogens is 531 g/mol. The number of carbonyl (C=O) groups is 2. The van der Waals surface area contributed by atoms with Gasteiger partial charge in [0.15, 0.2) is 0 Å². The fourth-order valence-electron chi connectivity index (χ4n) is 5.06. The van der Waals surface area contributed by atoms with Gasteiger partial charge >= 0.3 is 5.97 Å². The fourth-order valence-corrected chi connectivity index (χ4v) is 5.92. The Hall–Kier alpha value is -3.37. The predicted octanol–water partition coefficient (Wildman–Crippen LogP) is 5.97. The Kier molecular flexibility index (Phi) is 10.2. The summed E-state index contributed by atoms with van der Waals surface area (Å²) < 4.78 is 20.5. The molecule has 1 aliphatic heterocycles. The number of carboxylic acids is 1. The molecule has 1 fully saturated rings. The van der Waals surface area contributed by atoms with E-state index in [0.29, 0.717) is 23.3 Å². The van der Waals surface area contributed by atoms with Crippen molar-refractivity contribution >= 4 is 28.3 Å². The quantitative estimate of drug-likeness (QED) is 0.287. The third-order valence-electron chi connectivity index (χ3n) is 7.26. The van der Waals surface area contributed by atoms with E-state index in [1.54, 1.807) is 12.1 Å². The average molecular weight is 569 g/mol. The summed E-state index contributed by atoms with van der Waals surface area (Å²) in [7, 11) is 0. The molecule has 0 radical (unpaired) electrons. The lowest BCUT2D eigenvalue weighted by Gasteiger charge is -2.31. The van der Waals surface area contributed by atoms with Gasteiger partial charge in [0.2, 0.25) is 5.13 Å². The van der Waals surface area contributed by atoms with Crippen LogP contribution in [0.2, 0.25) is 0 Å². The zero-order valence-corrected chi connectivity index (χ0v) is 24.2. The van der Waals surface area contributed by atoms with Crippen molar-refractivity contribution in [1.82, 2.24) is 15.1 Å². The molecule has 3 aromatic rings. The zero-order valence-electron chi connectivity index (χ0n) is 23.4. The maximum absolute atomic E-state index is 14.4. The van der Waals surface area contributed by atoms with E-state index in [2.05, 4.69) is 15.1 Å². The van der Waals surface area contributed by atoms with E-state index in [9.17, 15) is 14.0 Å². The third-order valence-corrected chi connectivity index (χ3v) is 8.26. The van der Waals surface area contributed by atoms with E-state index in [0.717, 1.165) is 67.8 Å². The minimum absolute atomic E-state index is 0.0215. The number of unbranched alkanes of at least 4 members (excludes halogenated alkanes) is 1. The Balaban J connectivity index is 1.41. The van der Waals surface area contributed by atoms with E-state index in [4.69, 9.17) is 9.84 Å². The molecule has 4 rings (SSSR count). The van der Waals surface area contributed by atoms with Crippen LogP contribution in [0.5, 0.6) is 5.75 Å². The molecule has 0 atom stereocenters. The molecule has 1 saturated heterocycles. The summed E-state index contributed by atoms with van der Waals surface area (Å²) in [6, 6.07) is 10.0. The summed E-state index contributed by atoms with van der Waals surface area (Å²) in [4.78, 5) is 28.0. The van der Waals surface area contributed by atoms with Crippen molar-refractivity contribution in [2.75, 3.05) is 37.7 Å². The second-order valence-corrected chi connectivity index (χ2v) is 11.3. The number of amides is 1. The molecule has 1 amide bonds. The highest BCUT2D eigenvalue weighted by atomic mass is 32.1. The van der Waals surface area contributed by atoms with E-state index in [1.807, 2.05) is 32.9 Å². The number of hydrogen-bond donors (Lipinski definition) is 1. The molecule has 0 aliphatic carbocycles. The van der Waals surface area contributed by atoms with Crippen molar-refractivity contribution in [3.05, 3.63) is 58.9 Å². The van der Waals surface area contributed by atoms with Crippen LogP contribution in [0.15, 0.2) is 36.4 Å². The smallest absolute Gasteiger partial charge is 0.303 e. The topological polar surface area (TPSA) is 95.9 Å². The van der Waals surface area contributed by atoms with Gasteiger partial charge in [-0.3, -0.25) is 19.4 Å².